The Labute approximate surface area is 138 Å². The van der Waals surface area contributed by atoms with E-state index in [4.69, 9.17) is 15.8 Å². The third kappa shape index (κ3) is 4.01. The van der Waals surface area contributed by atoms with Crippen LogP contribution in [-0.2, 0) is 14.8 Å². The number of anilines is 1. The van der Waals surface area contributed by atoms with Crippen molar-refractivity contribution < 1.29 is 28.4 Å². The molecule has 12 nitrogen and oxygen atoms in total. The Kier molecular flexibility index (Phi) is 5.42. The average Bonchev–Trinajstić information content (AvgIpc) is 3.07. The second-order valence-electron chi connectivity index (χ2n) is 5.91. The van der Waals surface area contributed by atoms with Gasteiger partial charge in [0.1, 0.15) is 5.54 Å². The number of tetrazole rings is 1. The molecule has 1 fully saturated rings. The van der Waals surface area contributed by atoms with Gasteiger partial charge in [-0.3, -0.25) is 4.79 Å². The van der Waals surface area contributed by atoms with E-state index in [1.165, 1.54) is 0 Å². The van der Waals surface area contributed by atoms with Crippen LogP contribution < -0.4 is 10.5 Å². The Morgan fingerprint density at radius 3 is 2.75 bits per heavy atom. The maximum atomic E-state index is 12.4. The van der Waals surface area contributed by atoms with Crippen LogP contribution >= 0.6 is 0 Å². The van der Waals surface area contributed by atoms with Gasteiger partial charge in [0.25, 0.3) is 5.95 Å². The second kappa shape index (κ2) is 7.00. The van der Waals surface area contributed by atoms with Gasteiger partial charge in [0.05, 0.1) is 5.25 Å². The number of aromatic nitrogens is 4. The first-order chi connectivity index (χ1) is 11.1. The summed E-state index contributed by atoms with van der Waals surface area (Å²) in [6.07, 6.45) is 0.440. The Balaban J connectivity index is 2.11. The highest BCUT2D eigenvalue weighted by molar-refractivity contribution is 7.93. The molecule has 1 heterocycles. The molecule has 0 aromatic carbocycles. The van der Waals surface area contributed by atoms with Crippen LogP contribution in [0.1, 0.15) is 25.7 Å². The summed E-state index contributed by atoms with van der Waals surface area (Å²) in [6.45, 7) is 0. The molecular formula is C10H19BN6O6S. The van der Waals surface area contributed by atoms with Crippen LogP contribution in [0.3, 0.4) is 0 Å². The predicted molar refractivity (Wildman–Crippen MR) is 82.0 cm³/mol. The summed E-state index contributed by atoms with van der Waals surface area (Å²) in [4.78, 5) is 11.5. The molecule has 134 valence electrons. The number of H-pyrrole nitrogens is 1. The number of hydrogen-bond acceptors (Lipinski definition) is 9. The third-order valence-corrected chi connectivity index (χ3v) is 5.99. The van der Waals surface area contributed by atoms with Crippen LogP contribution in [0.5, 0.6) is 0 Å². The van der Waals surface area contributed by atoms with E-state index in [2.05, 4.69) is 25.3 Å². The fraction of sp³-hybridized carbons (Fsp3) is 0.800. The molecule has 0 spiro atoms. The first-order valence-electron chi connectivity index (χ1n) is 7.29. The van der Waals surface area contributed by atoms with Crippen molar-refractivity contribution in [1.82, 2.24) is 20.6 Å². The normalized spacial score (nSPS) is 27.1. The summed E-state index contributed by atoms with van der Waals surface area (Å²) in [5.74, 6) is -2.06. The van der Waals surface area contributed by atoms with E-state index in [9.17, 15) is 18.3 Å². The number of carbonyl (C=O) groups is 1. The highest BCUT2D eigenvalue weighted by Crippen LogP contribution is 2.41. The monoisotopic (exact) mass is 362 g/mol. The van der Waals surface area contributed by atoms with E-state index in [0.29, 0.717) is 6.42 Å². The molecule has 2 rings (SSSR count). The molecule has 1 aliphatic rings. The largest absolute Gasteiger partial charge is 0.480 e. The lowest BCUT2D eigenvalue weighted by Gasteiger charge is -2.26. The van der Waals surface area contributed by atoms with E-state index in [0.717, 1.165) is 0 Å². The van der Waals surface area contributed by atoms with Crippen molar-refractivity contribution in [3.63, 3.8) is 0 Å². The molecule has 0 bridgehead atoms. The van der Waals surface area contributed by atoms with Gasteiger partial charge in [0.2, 0.25) is 10.0 Å². The van der Waals surface area contributed by atoms with Crippen LogP contribution in [0.15, 0.2) is 0 Å². The fourth-order valence-electron chi connectivity index (χ4n) is 3.00. The van der Waals surface area contributed by atoms with Gasteiger partial charge in [-0.15, -0.1) is 0 Å². The molecule has 3 atom stereocenters. The van der Waals surface area contributed by atoms with Crippen molar-refractivity contribution in [1.29, 1.82) is 0 Å². The molecule has 7 N–H and O–H groups in total. The lowest BCUT2D eigenvalue weighted by atomic mass is 9.78. The van der Waals surface area contributed by atoms with Crippen LogP contribution in [0, 0.1) is 5.92 Å². The Morgan fingerprint density at radius 1 is 1.50 bits per heavy atom. The zero-order valence-corrected chi connectivity index (χ0v) is 13.5. The number of aliphatic carboxylic acids is 1. The van der Waals surface area contributed by atoms with Crippen LogP contribution in [0.4, 0.5) is 5.95 Å². The number of hydrogen-bond donors (Lipinski definition) is 6. The Morgan fingerprint density at radius 2 is 2.21 bits per heavy atom. The topological polar surface area (TPSA) is 204 Å². The van der Waals surface area contributed by atoms with Crippen LogP contribution in [0.25, 0.3) is 0 Å². The van der Waals surface area contributed by atoms with Crippen molar-refractivity contribution in [2.24, 2.45) is 11.7 Å². The van der Waals surface area contributed by atoms with Crippen molar-refractivity contribution in [2.45, 2.75) is 42.8 Å². The van der Waals surface area contributed by atoms with Gasteiger partial charge in [0.15, 0.2) is 0 Å². The van der Waals surface area contributed by atoms with Crippen molar-refractivity contribution in [3.8, 4) is 0 Å². The standard InChI is InChI=1S/C10H19BN6O6S/c12-10(8(18)19)5-7(4-6(10)2-1-3-11(20)21)24(22,23)15-9-13-16-17-14-9/h6-7,20-21H,1-5,12H2,(H,18,19)(H2,13,14,15,16,17)/t6-,7?,10-/m0/s1. The van der Waals surface area contributed by atoms with E-state index >= 15 is 0 Å². The van der Waals surface area contributed by atoms with Gasteiger partial charge in [-0.05, 0) is 41.9 Å². The summed E-state index contributed by atoms with van der Waals surface area (Å²) >= 11 is 0. The lowest BCUT2D eigenvalue weighted by molar-refractivity contribution is -0.144. The van der Waals surface area contributed by atoms with Crippen LogP contribution in [-0.4, -0.2) is 68.1 Å². The Hall–Kier alpha value is -1.77. The molecule has 1 aromatic rings. The molecular weight excluding hydrogens is 343 g/mol. The van der Waals surface area contributed by atoms with Crippen molar-refractivity contribution in [3.05, 3.63) is 0 Å². The maximum absolute atomic E-state index is 12.4. The number of nitrogens with two attached hydrogens (primary N) is 1. The van der Waals surface area contributed by atoms with Crippen LogP contribution in [0.2, 0.25) is 6.32 Å². The highest BCUT2D eigenvalue weighted by atomic mass is 32.2. The average molecular weight is 362 g/mol. The van der Waals surface area contributed by atoms with E-state index in [-0.39, 0.29) is 31.5 Å². The maximum Gasteiger partial charge on any atom is 0.451 e. The lowest BCUT2D eigenvalue weighted by Crippen LogP contribution is -2.51. The first kappa shape index (κ1) is 18.6. The molecule has 14 heteroatoms. The summed E-state index contributed by atoms with van der Waals surface area (Å²) in [5.41, 5.74) is 4.26. The number of nitrogens with zero attached hydrogens (tertiary/aromatic N) is 3. The quantitative estimate of drug-likeness (QED) is 0.274. The number of nitrogens with one attached hydrogen (secondary N) is 2. The number of aromatic amines is 1. The van der Waals surface area contributed by atoms with E-state index < -0.39 is 39.8 Å². The van der Waals surface area contributed by atoms with Crippen molar-refractivity contribution >= 4 is 29.1 Å². The van der Waals surface area contributed by atoms with Gasteiger partial charge in [-0.25, -0.2) is 18.2 Å². The number of carboxylic acids is 1. The molecule has 1 aliphatic carbocycles. The van der Waals surface area contributed by atoms with E-state index in [1.807, 2.05) is 0 Å². The minimum atomic E-state index is -3.93. The highest BCUT2D eigenvalue weighted by Gasteiger charge is 2.53. The molecule has 0 saturated heterocycles. The second-order valence-corrected chi connectivity index (χ2v) is 7.87. The Bertz CT molecular complexity index is 669. The SMILES string of the molecule is N[C@@]1(C(=O)O)CC(S(=O)(=O)Nc2nnn[nH]2)C[C@@H]1CCCB(O)O. The smallest absolute Gasteiger partial charge is 0.451 e. The summed E-state index contributed by atoms with van der Waals surface area (Å²) in [7, 11) is -5.42. The zero-order chi connectivity index (χ0) is 18.0. The van der Waals surface area contributed by atoms with Gasteiger partial charge in [0, 0.05) is 0 Å². The van der Waals surface area contributed by atoms with Gasteiger partial charge in [-0.1, -0.05) is 11.5 Å². The molecule has 0 aliphatic heterocycles. The molecule has 1 saturated carbocycles. The van der Waals surface area contributed by atoms with Gasteiger partial charge < -0.3 is 20.9 Å². The van der Waals surface area contributed by atoms with Crippen molar-refractivity contribution in [2.75, 3.05) is 4.72 Å². The zero-order valence-electron chi connectivity index (χ0n) is 12.7. The minimum Gasteiger partial charge on any atom is -0.480 e. The minimum absolute atomic E-state index is 0.0429. The third-order valence-electron chi connectivity index (χ3n) is 4.28. The molecule has 1 aromatic heterocycles. The summed E-state index contributed by atoms with van der Waals surface area (Å²) in [6, 6.07) is 0. The number of sulfonamides is 1. The predicted octanol–water partition coefficient (Wildman–Crippen LogP) is -2.24. The number of carboxylic acid groups (broad SMARTS) is 1. The summed E-state index contributed by atoms with van der Waals surface area (Å²) in [5, 5.41) is 38.3. The molecule has 24 heavy (non-hydrogen) atoms. The molecule has 1 unspecified atom stereocenters. The molecule has 0 amide bonds. The van der Waals surface area contributed by atoms with E-state index in [1.54, 1.807) is 0 Å². The van der Waals surface area contributed by atoms with Gasteiger partial charge >= 0.3 is 13.1 Å². The number of rotatable bonds is 8. The van der Waals surface area contributed by atoms with Gasteiger partial charge in [-0.2, -0.15) is 0 Å². The fourth-order valence-corrected chi connectivity index (χ4v) is 4.50. The summed E-state index contributed by atoms with van der Waals surface area (Å²) < 4.78 is 26.9. The molecule has 0 radical (unpaired) electrons. The first-order valence-corrected chi connectivity index (χ1v) is 8.83.